The highest BCUT2D eigenvalue weighted by molar-refractivity contribution is 9.10. The van der Waals surface area contributed by atoms with Crippen molar-refractivity contribution in [2.24, 2.45) is 0 Å². The van der Waals surface area contributed by atoms with Crippen LogP contribution in [-0.2, 0) is 0 Å². The molecule has 1 aromatic heterocycles. The molecule has 0 aliphatic heterocycles. The van der Waals surface area contributed by atoms with Gasteiger partial charge in [-0.25, -0.2) is 4.98 Å². The summed E-state index contributed by atoms with van der Waals surface area (Å²) in [7, 11) is 0. The van der Waals surface area contributed by atoms with E-state index in [1.165, 1.54) is 23.6 Å². The topological polar surface area (TPSA) is 29.9 Å². The number of halogens is 1. The quantitative estimate of drug-likeness (QED) is 0.750. The Morgan fingerprint density at radius 3 is 2.67 bits per heavy atom. The number of rotatable bonds is 3. The molecule has 106 valence electrons. The van der Waals surface area contributed by atoms with Crippen molar-refractivity contribution in [2.75, 3.05) is 5.32 Å². The minimum absolute atomic E-state index is 0.590. The maximum absolute atomic E-state index is 4.64. The van der Waals surface area contributed by atoms with Crippen molar-refractivity contribution in [3.8, 4) is 5.69 Å². The lowest BCUT2D eigenvalue weighted by molar-refractivity contribution is 1.01. The number of hydrogen-bond acceptors (Lipinski definition) is 2. The lowest BCUT2D eigenvalue weighted by Crippen LogP contribution is -2.08. The summed E-state index contributed by atoms with van der Waals surface area (Å²) >= 11 is 3.64. The molecule has 0 bridgehead atoms. The minimum Gasteiger partial charge on any atom is -0.353 e. The third-order valence-electron chi connectivity index (χ3n) is 3.84. The summed E-state index contributed by atoms with van der Waals surface area (Å²) in [6.45, 7) is 2.04. The maximum Gasteiger partial charge on any atom is 0.207 e. The SMILES string of the molecule is Cc1cn(-c2ccc(Br)c3ccccc23)c(NC2CC2)n1. The fraction of sp³-hybridized carbons (Fsp3) is 0.235. The first-order valence-corrected chi connectivity index (χ1v) is 8.02. The average molecular weight is 342 g/mol. The molecule has 21 heavy (non-hydrogen) atoms. The van der Waals surface area contributed by atoms with Gasteiger partial charge >= 0.3 is 0 Å². The molecule has 1 aliphatic rings. The first-order valence-electron chi connectivity index (χ1n) is 7.22. The van der Waals surface area contributed by atoms with Crippen LogP contribution in [0.25, 0.3) is 16.5 Å². The van der Waals surface area contributed by atoms with Crippen LogP contribution in [0.3, 0.4) is 0 Å². The largest absolute Gasteiger partial charge is 0.353 e. The van der Waals surface area contributed by atoms with Crippen molar-refractivity contribution in [1.29, 1.82) is 0 Å². The predicted octanol–water partition coefficient (Wildman–Crippen LogP) is 4.67. The van der Waals surface area contributed by atoms with Gasteiger partial charge < -0.3 is 5.32 Å². The normalized spacial score (nSPS) is 14.6. The van der Waals surface area contributed by atoms with E-state index in [1.54, 1.807) is 0 Å². The Kier molecular flexibility index (Phi) is 3.00. The molecule has 4 heteroatoms. The van der Waals surface area contributed by atoms with Crippen molar-refractivity contribution in [2.45, 2.75) is 25.8 Å². The molecule has 1 aliphatic carbocycles. The van der Waals surface area contributed by atoms with Crippen LogP contribution in [0, 0.1) is 6.92 Å². The standard InChI is InChI=1S/C17H16BrN3/c1-11-10-21(17(19-11)20-12-6-7-12)16-9-8-15(18)13-4-2-3-5-14(13)16/h2-5,8-10,12H,6-7H2,1H3,(H,19,20). The van der Waals surface area contributed by atoms with Crippen molar-refractivity contribution < 1.29 is 0 Å². The molecule has 1 fully saturated rings. The number of nitrogens with one attached hydrogen (secondary N) is 1. The third kappa shape index (κ3) is 2.33. The molecule has 4 rings (SSSR count). The second-order valence-corrected chi connectivity index (χ2v) is 6.46. The molecule has 0 atom stereocenters. The number of benzene rings is 2. The Balaban J connectivity index is 1.92. The zero-order chi connectivity index (χ0) is 14.4. The van der Waals surface area contributed by atoms with Gasteiger partial charge in [0.2, 0.25) is 5.95 Å². The van der Waals surface area contributed by atoms with Gasteiger partial charge in [-0.2, -0.15) is 0 Å². The van der Waals surface area contributed by atoms with E-state index >= 15 is 0 Å². The molecule has 1 saturated carbocycles. The fourth-order valence-electron chi connectivity index (χ4n) is 2.65. The number of aromatic nitrogens is 2. The highest BCUT2D eigenvalue weighted by Gasteiger charge is 2.23. The molecule has 3 aromatic rings. The van der Waals surface area contributed by atoms with E-state index in [1.807, 2.05) is 6.92 Å². The Bertz CT molecular complexity index is 818. The summed E-state index contributed by atoms with van der Waals surface area (Å²) in [4.78, 5) is 4.64. The Morgan fingerprint density at radius 1 is 1.14 bits per heavy atom. The lowest BCUT2D eigenvalue weighted by Gasteiger charge is -2.12. The summed E-state index contributed by atoms with van der Waals surface area (Å²) in [6.07, 6.45) is 4.58. The highest BCUT2D eigenvalue weighted by atomic mass is 79.9. The van der Waals surface area contributed by atoms with Crippen LogP contribution >= 0.6 is 15.9 Å². The van der Waals surface area contributed by atoms with E-state index in [-0.39, 0.29) is 0 Å². The Labute approximate surface area is 132 Å². The zero-order valence-corrected chi connectivity index (χ0v) is 13.4. The summed E-state index contributed by atoms with van der Waals surface area (Å²) < 4.78 is 3.29. The van der Waals surface area contributed by atoms with E-state index in [9.17, 15) is 0 Å². The monoisotopic (exact) mass is 341 g/mol. The van der Waals surface area contributed by atoms with Gasteiger partial charge in [0.25, 0.3) is 0 Å². The van der Waals surface area contributed by atoms with E-state index < -0.39 is 0 Å². The number of imidazole rings is 1. The Hall–Kier alpha value is -1.81. The smallest absolute Gasteiger partial charge is 0.207 e. The van der Waals surface area contributed by atoms with Gasteiger partial charge in [-0.3, -0.25) is 4.57 Å². The van der Waals surface area contributed by atoms with Crippen molar-refractivity contribution in [3.05, 3.63) is 52.8 Å². The van der Waals surface area contributed by atoms with Crippen LogP contribution in [0.1, 0.15) is 18.5 Å². The molecular weight excluding hydrogens is 326 g/mol. The average Bonchev–Trinajstić information content (AvgIpc) is 3.22. The first-order chi connectivity index (χ1) is 10.2. The second-order valence-electron chi connectivity index (χ2n) is 5.61. The lowest BCUT2D eigenvalue weighted by atomic mass is 10.1. The molecular formula is C17H16BrN3. The predicted molar refractivity (Wildman–Crippen MR) is 90.2 cm³/mol. The highest BCUT2D eigenvalue weighted by Crippen LogP contribution is 2.32. The molecule has 0 saturated heterocycles. The Morgan fingerprint density at radius 2 is 1.90 bits per heavy atom. The molecule has 0 amide bonds. The molecule has 1 N–H and O–H groups in total. The summed E-state index contributed by atoms with van der Waals surface area (Å²) in [5.74, 6) is 0.947. The van der Waals surface area contributed by atoms with Gasteiger partial charge in [-0.15, -0.1) is 0 Å². The van der Waals surface area contributed by atoms with E-state index in [4.69, 9.17) is 0 Å². The van der Waals surface area contributed by atoms with Gasteiger partial charge in [-0.05, 0) is 37.3 Å². The van der Waals surface area contributed by atoms with Crippen LogP contribution in [0.4, 0.5) is 5.95 Å². The van der Waals surface area contributed by atoms with Crippen molar-refractivity contribution in [3.63, 3.8) is 0 Å². The number of aryl methyl sites for hydroxylation is 1. The maximum atomic E-state index is 4.64. The molecule has 0 radical (unpaired) electrons. The van der Waals surface area contributed by atoms with Gasteiger partial charge in [0.05, 0.1) is 11.4 Å². The van der Waals surface area contributed by atoms with E-state index in [0.29, 0.717) is 6.04 Å². The minimum atomic E-state index is 0.590. The molecule has 3 nitrogen and oxygen atoms in total. The fourth-order valence-corrected chi connectivity index (χ4v) is 3.13. The first kappa shape index (κ1) is 12.9. The van der Waals surface area contributed by atoms with Crippen molar-refractivity contribution in [1.82, 2.24) is 9.55 Å². The van der Waals surface area contributed by atoms with Gasteiger partial charge in [0, 0.05) is 22.1 Å². The van der Waals surface area contributed by atoms with Crippen LogP contribution in [0.5, 0.6) is 0 Å². The third-order valence-corrected chi connectivity index (χ3v) is 4.54. The summed E-state index contributed by atoms with van der Waals surface area (Å²) in [5.41, 5.74) is 2.20. The van der Waals surface area contributed by atoms with Crippen molar-refractivity contribution >= 4 is 32.7 Å². The van der Waals surface area contributed by atoms with Crippen LogP contribution in [-0.4, -0.2) is 15.6 Å². The van der Waals surface area contributed by atoms with Gasteiger partial charge in [0.15, 0.2) is 0 Å². The van der Waals surface area contributed by atoms with Gasteiger partial charge in [-0.1, -0.05) is 40.2 Å². The summed E-state index contributed by atoms with van der Waals surface area (Å²) in [6, 6.07) is 13.3. The molecule has 1 heterocycles. The van der Waals surface area contributed by atoms with E-state index in [2.05, 4.69) is 73.4 Å². The van der Waals surface area contributed by atoms with Crippen LogP contribution < -0.4 is 5.32 Å². The van der Waals surface area contributed by atoms with Crippen LogP contribution in [0.15, 0.2) is 47.1 Å². The number of anilines is 1. The summed E-state index contributed by atoms with van der Waals surface area (Å²) in [5, 5.41) is 5.97. The number of hydrogen-bond donors (Lipinski definition) is 1. The number of nitrogens with zero attached hydrogens (tertiary/aromatic N) is 2. The van der Waals surface area contributed by atoms with E-state index in [0.717, 1.165) is 21.8 Å². The molecule has 2 aromatic carbocycles. The molecule has 0 unspecified atom stereocenters. The zero-order valence-electron chi connectivity index (χ0n) is 11.8. The molecule has 0 spiro atoms. The number of fused-ring (bicyclic) bond motifs is 1. The second kappa shape index (κ2) is 4.88. The van der Waals surface area contributed by atoms with Gasteiger partial charge in [0.1, 0.15) is 0 Å². The van der Waals surface area contributed by atoms with Crippen LogP contribution in [0.2, 0.25) is 0 Å².